The predicted molar refractivity (Wildman–Crippen MR) is 92.0 cm³/mol. The van der Waals surface area contributed by atoms with Crippen molar-refractivity contribution in [2.75, 3.05) is 32.9 Å². The fourth-order valence-electron chi connectivity index (χ4n) is 3.95. The van der Waals surface area contributed by atoms with Crippen molar-refractivity contribution in [2.45, 2.75) is 31.3 Å². The van der Waals surface area contributed by atoms with Crippen molar-refractivity contribution in [3.8, 4) is 6.07 Å². The van der Waals surface area contributed by atoms with E-state index in [0.717, 1.165) is 38.6 Å². The average molecular weight is 340 g/mol. The van der Waals surface area contributed by atoms with Crippen molar-refractivity contribution in [2.24, 2.45) is 11.8 Å². The molecule has 0 bridgehead atoms. The molecular formula is C20H24N2O3. The zero-order chi connectivity index (χ0) is 17.3. The van der Waals surface area contributed by atoms with Crippen LogP contribution in [0.15, 0.2) is 24.3 Å². The van der Waals surface area contributed by atoms with Crippen molar-refractivity contribution in [3.63, 3.8) is 0 Å². The van der Waals surface area contributed by atoms with Gasteiger partial charge in [0.25, 0.3) is 5.91 Å². The molecule has 5 heteroatoms. The number of amides is 1. The number of hydrogen-bond acceptors (Lipinski definition) is 4. The minimum absolute atomic E-state index is 0.0121. The molecule has 25 heavy (non-hydrogen) atoms. The molecule has 2 aliphatic heterocycles. The van der Waals surface area contributed by atoms with Crippen LogP contribution in [-0.4, -0.2) is 49.3 Å². The van der Waals surface area contributed by atoms with E-state index in [1.54, 1.807) is 24.3 Å². The molecule has 2 saturated heterocycles. The van der Waals surface area contributed by atoms with Crippen LogP contribution in [-0.2, 0) is 9.47 Å². The number of rotatable bonds is 6. The third kappa shape index (κ3) is 3.42. The molecule has 132 valence electrons. The minimum Gasteiger partial charge on any atom is -0.381 e. The Kier molecular flexibility index (Phi) is 4.49. The highest BCUT2D eigenvalue weighted by Gasteiger charge is 2.54. The maximum atomic E-state index is 12.6. The SMILES string of the molecule is N#Cc1cccc(C(=O)N2CC3(C2)OCC[C@@H]3CCOCC2CC2)c1. The maximum absolute atomic E-state index is 12.6. The molecule has 0 aromatic heterocycles. The average Bonchev–Trinajstić information content (AvgIpc) is 3.34. The second kappa shape index (κ2) is 6.78. The molecule has 1 saturated carbocycles. The molecule has 0 N–H and O–H groups in total. The maximum Gasteiger partial charge on any atom is 0.254 e. The molecule has 1 atom stereocenters. The lowest BCUT2D eigenvalue weighted by molar-refractivity contribution is -0.120. The summed E-state index contributed by atoms with van der Waals surface area (Å²) in [5.74, 6) is 1.26. The Labute approximate surface area is 148 Å². The Morgan fingerprint density at radius 1 is 1.36 bits per heavy atom. The summed E-state index contributed by atoms with van der Waals surface area (Å²) in [7, 11) is 0. The van der Waals surface area contributed by atoms with Crippen LogP contribution >= 0.6 is 0 Å². The van der Waals surface area contributed by atoms with E-state index in [1.807, 2.05) is 4.90 Å². The third-order valence-corrected chi connectivity index (χ3v) is 5.70. The largest absolute Gasteiger partial charge is 0.381 e. The molecule has 1 spiro atoms. The number of benzene rings is 1. The molecule has 0 unspecified atom stereocenters. The lowest BCUT2D eigenvalue weighted by Gasteiger charge is -2.50. The van der Waals surface area contributed by atoms with Crippen molar-refractivity contribution < 1.29 is 14.3 Å². The molecule has 4 rings (SSSR count). The minimum atomic E-state index is -0.175. The Morgan fingerprint density at radius 3 is 2.96 bits per heavy atom. The number of likely N-dealkylation sites (tertiary alicyclic amines) is 1. The fourth-order valence-corrected chi connectivity index (χ4v) is 3.95. The van der Waals surface area contributed by atoms with E-state index >= 15 is 0 Å². The zero-order valence-electron chi connectivity index (χ0n) is 14.4. The molecule has 2 heterocycles. The standard InChI is InChI=1S/C20H24N2O3/c21-11-16-2-1-3-17(10-16)19(23)22-13-20(14-22)18(7-9-25-20)6-8-24-12-15-4-5-15/h1-3,10,15,18H,4-9,12-14H2/t18-/m0/s1. The van der Waals surface area contributed by atoms with Crippen LogP contribution in [0.4, 0.5) is 0 Å². The van der Waals surface area contributed by atoms with Crippen LogP contribution < -0.4 is 0 Å². The number of hydrogen-bond donors (Lipinski definition) is 0. The molecular weight excluding hydrogens is 316 g/mol. The lowest BCUT2D eigenvalue weighted by Crippen LogP contribution is -2.66. The number of ether oxygens (including phenoxy) is 2. The molecule has 5 nitrogen and oxygen atoms in total. The Morgan fingerprint density at radius 2 is 2.20 bits per heavy atom. The van der Waals surface area contributed by atoms with E-state index in [0.29, 0.717) is 30.1 Å². The first-order valence-electron chi connectivity index (χ1n) is 9.21. The van der Waals surface area contributed by atoms with E-state index in [9.17, 15) is 4.79 Å². The highest BCUT2D eigenvalue weighted by atomic mass is 16.5. The van der Waals surface area contributed by atoms with E-state index < -0.39 is 0 Å². The smallest absolute Gasteiger partial charge is 0.254 e. The van der Waals surface area contributed by atoms with Crippen LogP contribution in [0.25, 0.3) is 0 Å². The number of carbonyl (C=O) groups excluding carboxylic acids is 1. The summed E-state index contributed by atoms with van der Waals surface area (Å²) >= 11 is 0. The van der Waals surface area contributed by atoms with Gasteiger partial charge in [-0.25, -0.2) is 0 Å². The first kappa shape index (κ1) is 16.6. The number of nitriles is 1. The topological polar surface area (TPSA) is 62.6 Å². The third-order valence-electron chi connectivity index (χ3n) is 5.70. The van der Waals surface area contributed by atoms with Gasteiger partial charge in [0.15, 0.2) is 0 Å². The second-order valence-electron chi connectivity index (χ2n) is 7.56. The van der Waals surface area contributed by atoms with Gasteiger partial charge in [0.05, 0.1) is 24.7 Å². The molecule has 0 radical (unpaired) electrons. The van der Waals surface area contributed by atoms with Crippen molar-refractivity contribution >= 4 is 5.91 Å². The lowest BCUT2D eigenvalue weighted by atomic mass is 9.79. The van der Waals surface area contributed by atoms with Gasteiger partial charge < -0.3 is 14.4 Å². The monoisotopic (exact) mass is 340 g/mol. The predicted octanol–water partition coefficient (Wildman–Crippen LogP) is 2.61. The summed E-state index contributed by atoms with van der Waals surface area (Å²) < 4.78 is 11.8. The highest BCUT2D eigenvalue weighted by molar-refractivity contribution is 5.95. The molecule has 1 aliphatic carbocycles. The summed E-state index contributed by atoms with van der Waals surface area (Å²) in [6.07, 6.45) is 4.71. The van der Waals surface area contributed by atoms with E-state index in [2.05, 4.69) is 6.07 Å². The van der Waals surface area contributed by atoms with Gasteiger partial charge in [-0.2, -0.15) is 5.26 Å². The Bertz CT molecular complexity index is 686. The first-order valence-corrected chi connectivity index (χ1v) is 9.21. The van der Waals surface area contributed by atoms with Gasteiger partial charge >= 0.3 is 0 Å². The van der Waals surface area contributed by atoms with Gasteiger partial charge in [-0.05, 0) is 55.7 Å². The molecule has 1 aromatic carbocycles. The van der Waals surface area contributed by atoms with E-state index in [-0.39, 0.29) is 11.5 Å². The van der Waals surface area contributed by atoms with Gasteiger partial charge in [0, 0.05) is 25.4 Å². The summed E-state index contributed by atoms with van der Waals surface area (Å²) in [5, 5.41) is 8.99. The summed E-state index contributed by atoms with van der Waals surface area (Å²) in [5.41, 5.74) is 0.922. The summed E-state index contributed by atoms with van der Waals surface area (Å²) in [6, 6.07) is 8.99. The van der Waals surface area contributed by atoms with Crippen molar-refractivity contribution in [3.05, 3.63) is 35.4 Å². The van der Waals surface area contributed by atoms with Gasteiger partial charge in [-0.15, -0.1) is 0 Å². The normalized spacial score (nSPS) is 24.1. The number of carbonyl (C=O) groups is 1. The van der Waals surface area contributed by atoms with Gasteiger partial charge in [0.1, 0.15) is 5.60 Å². The van der Waals surface area contributed by atoms with Crippen LogP contribution in [0.3, 0.4) is 0 Å². The van der Waals surface area contributed by atoms with Crippen molar-refractivity contribution in [1.29, 1.82) is 5.26 Å². The van der Waals surface area contributed by atoms with Crippen LogP contribution in [0.2, 0.25) is 0 Å². The first-order chi connectivity index (χ1) is 12.2. The van der Waals surface area contributed by atoms with Crippen molar-refractivity contribution in [1.82, 2.24) is 4.90 Å². The van der Waals surface area contributed by atoms with E-state index in [1.165, 1.54) is 12.8 Å². The Hall–Kier alpha value is -1.90. The molecule has 1 amide bonds. The zero-order valence-corrected chi connectivity index (χ0v) is 14.4. The van der Waals surface area contributed by atoms with Gasteiger partial charge in [0.2, 0.25) is 0 Å². The highest BCUT2D eigenvalue weighted by Crippen LogP contribution is 2.42. The molecule has 1 aromatic rings. The van der Waals surface area contributed by atoms with E-state index in [4.69, 9.17) is 14.7 Å². The van der Waals surface area contributed by atoms with Gasteiger partial charge in [-0.1, -0.05) is 6.07 Å². The number of nitrogens with zero attached hydrogens (tertiary/aromatic N) is 2. The summed E-state index contributed by atoms with van der Waals surface area (Å²) in [6.45, 7) is 3.77. The van der Waals surface area contributed by atoms with Crippen LogP contribution in [0.5, 0.6) is 0 Å². The van der Waals surface area contributed by atoms with Gasteiger partial charge in [-0.3, -0.25) is 4.79 Å². The second-order valence-corrected chi connectivity index (χ2v) is 7.56. The summed E-state index contributed by atoms with van der Waals surface area (Å²) in [4.78, 5) is 14.5. The fraction of sp³-hybridized carbons (Fsp3) is 0.600. The molecule has 3 aliphatic rings. The Balaban J connectivity index is 1.31. The molecule has 3 fully saturated rings. The van der Waals surface area contributed by atoms with Crippen LogP contribution in [0, 0.1) is 23.2 Å². The quantitative estimate of drug-likeness (QED) is 0.747. The van der Waals surface area contributed by atoms with Crippen LogP contribution in [0.1, 0.15) is 41.6 Å².